The van der Waals surface area contributed by atoms with E-state index >= 15 is 0 Å². The van der Waals surface area contributed by atoms with Crippen LogP contribution < -0.4 is 25.8 Å². The van der Waals surface area contributed by atoms with Crippen LogP contribution in [0.3, 0.4) is 0 Å². The third-order valence-corrected chi connectivity index (χ3v) is 6.51. The van der Waals surface area contributed by atoms with E-state index in [0.717, 1.165) is 16.8 Å². The van der Waals surface area contributed by atoms with Gasteiger partial charge in [0, 0.05) is 27.5 Å². The van der Waals surface area contributed by atoms with Crippen LogP contribution in [0, 0.1) is 18.3 Å². The molecule has 1 aliphatic heterocycles. The lowest BCUT2D eigenvalue weighted by atomic mass is 9.91. The predicted octanol–water partition coefficient (Wildman–Crippen LogP) is 6.59. The van der Waals surface area contributed by atoms with Crippen LogP contribution in [-0.4, -0.2) is 23.2 Å². The monoisotopic (exact) mass is 532 g/mol. The van der Waals surface area contributed by atoms with Gasteiger partial charge in [0.1, 0.15) is 25.2 Å². The first-order valence-corrected chi connectivity index (χ1v) is 12.2. The van der Waals surface area contributed by atoms with Crippen molar-refractivity contribution in [3.8, 4) is 17.6 Å². The summed E-state index contributed by atoms with van der Waals surface area (Å²) in [5, 5.41) is 17.4. The van der Waals surface area contributed by atoms with Gasteiger partial charge in [-0.1, -0.05) is 41.4 Å². The van der Waals surface area contributed by atoms with Crippen LogP contribution >= 0.6 is 23.2 Å². The van der Waals surface area contributed by atoms with Crippen molar-refractivity contribution in [3.63, 3.8) is 0 Å². The fourth-order valence-electron chi connectivity index (χ4n) is 4.02. The summed E-state index contributed by atoms with van der Waals surface area (Å²) in [7, 11) is 0. The third-order valence-electron chi connectivity index (χ3n) is 5.93. The molecule has 8 nitrogen and oxygen atoms in total. The maximum absolute atomic E-state index is 9.86. The number of hydrogen-bond donors (Lipinski definition) is 3. The van der Waals surface area contributed by atoms with Crippen LogP contribution in [0.25, 0.3) is 0 Å². The largest absolute Gasteiger partial charge is 0.486 e. The van der Waals surface area contributed by atoms with Gasteiger partial charge in [0.15, 0.2) is 23.1 Å². The average Bonchev–Trinajstić information content (AvgIpc) is 2.90. The number of aromatic nitrogens is 2. The molecule has 4 N–H and O–H groups in total. The number of rotatable bonds is 6. The number of anilines is 5. The van der Waals surface area contributed by atoms with Gasteiger partial charge >= 0.3 is 0 Å². The summed E-state index contributed by atoms with van der Waals surface area (Å²) < 4.78 is 11.2. The second kappa shape index (κ2) is 10.4. The van der Waals surface area contributed by atoms with Gasteiger partial charge in [-0.2, -0.15) is 5.26 Å². The number of benzene rings is 3. The number of hydrogen-bond acceptors (Lipinski definition) is 8. The summed E-state index contributed by atoms with van der Waals surface area (Å²) in [4.78, 5) is 8.59. The highest BCUT2D eigenvalue weighted by Crippen LogP contribution is 2.37. The molecule has 0 saturated carbocycles. The van der Waals surface area contributed by atoms with E-state index in [1.807, 2.05) is 43.3 Å². The molecule has 1 atom stereocenters. The van der Waals surface area contributed by atoms with Crippen molar-refractivity contribution < 1.29 is 9.47 Å². The highest BCUT2D eigenvalue weighted by Gasteiger charge is 2.19. The molecule has 4 aromatic rings. The summed E-state index contributed by atoms with van der Waals surface area (Å²) >= 11 is 12.6. The molecule has 2 heterocycles. The Labute approximate surface area is 224 Å². The lowest BCUT2D eigenvalue weighted by Crippen LogP contribution is -2.15. The van der Waals surface area contributed by atoms with E-state index in [1.54, 1.807) is 18.2 Å². The number of nitrogens with two attached hydrogens (primary N) is 1. The number of nitriles is 1. The Hall–Kier alpha value is -4.19. The van der Waals surface area contributed by atoms with E-state index in [-0.39, 0.29) is 0 Å². The Balaban J connectivity index is 1.39. The minimum Gasteiger partial charge on any atom is -0.486 e. The molecule has 3 aromatic carbocycles. The Bertz CT molecular complexity index is 1500. The number of nitrogen functional groups attached to an aromatic ring is 1. The highest BCUT2D eigenvalue weighted by molar-refractivity contribution is 6.32. The molecule has 0 bridgehead atoms. The molecule has 0 spiro atoms. The third kappa shape index (κ3) is 5.19. The zero-order chi connectivity index (χ0) is 25.9. The summed E-state index contributed by atoms with van der Waals surface area (Å²) in [5.41, 5.74) is 10.6. The van der Waals surface area contributed by atoms with Crippen molar-refractivity contribution in [1.29, 1.82) is 5.26 Å². The molecule has 37 heavy (non-hydrogen) atoms. The molecular formula is C27H22Cl2N6O2. The number of nitrogens with zero attached hydrogens (tertiary/aromatic N) is 3. The van der Waals surface area contributed by atoms with Crippen LogP contribution in [-0.2, 0) is 0 Å². The molecule has 10 heteroatoms. The predicted molar refractivity (Wildman–Crippen MR) is 146 cm³/mol. The van der Waals surface area contributed by atoms with Crippen LogP contribution in [0.15, 0.2) is 60.9 Å². The van der Waals surface area contributed by atoms with Crippen molar-refractivity contribution in [2.75, 3.05) is 29.6 Å². The van der Waals surface area contributed by atoms with E-state index in [9.17, 15) is 5.26 Å². The van der Waals surface area contributed by atoms with Gasteiger partial charge in [0.25, 0.3) is 0 Å². The summed E-state index contributed by atoms with van der Waals surface area (Å²) in [6.45, 7) is 2.94. The Morgan fingerprint density at radius 1 is 0.946 bits per heavy atom. The van der Waals surface area contributed by atoms with Crippen molar-refractivity contribution in [3.05, 3.63) is 87.7 Å². The Morgan fingerprint density at radius 2 is 1.65 bits per heavy atom. The van der Waals surface area contributed by atoms with Gasteiger partial charge in [-0.3, -0.25) is 0 Å². The van der Waals surface area contributed by atoms with Crippen molar-refractivity contribution >= 4 is 51.9 Å². The molecule has 0 amide bonds. The lowest BCUT2D eigenvalue weighted by Gasteiger charge is -2.19. The smallest absolute Gasteiger partial charge is 0.163 e. The van der Waals surface area contributed by atoms with Gasteiger partial charge in [0.2, 0.25) is 0 Å². The number of ether oxygens (including phenoxy) is 2. The van der Waals surface area contributed by atoms with Crippen LogP contribution in [0.5, 0.6) is 11.5 Å². The molecule has 1 aromatic heterocycles. The molecule has 1 unspecified atom stereocenters. The molecule has 0 aliphatic carbocycles. The second-order valence-corrected chi connectivity index (χ2v) is 9.24. The van der Waals surface area contributed by atoms with E-state index in [0.29, 0.717) is 63.3 Å². The first kappa shape index (κ1) is 24.5. The molecule has 1 aliphatic rings. The first-order chi connectivity index (χ1) is 17.9. The van der Waals surface area contributed by atoms with Crippen LogP contribution in [0.1, 0.15) is 22.6 Å². The lowest BCUT2D eigenvalue weighted by molar-refractivity contribution is 0.171. The Kier molecular flexibility index (Phi) is 6.91. The molecule has 0 saturated heterocycles. The standard InChI is InChI=1S/C27H22Cl2N6O2/c1-15-10-19(20(13-30)16-2-4-17(28)5-3-16)21(29)12-22(15)35-27-25(31)26(32-14-33-27)34-18-6-7-23-24(11-18)37-9-8-36-23/h2-7,10-12,14,20H,8-9,31H2,1H3,(H2,32,33,34,35). The van der Waals surface area contributed by atoms with Gasteiger partial charge in [-0.05, 0) is 53.9 Å². The van der Waals surface area contributed by atoms with Crippen molar-refractivity contribution in [1.82, 2.24) is 9.97 Å². The molecule has 0 radical (unpaired) electrons. The fraction of sp³-hybridized carbons (Fsp3) is 0.148. The number of fused-ring (bicyclic) bond motifs is 1. The maximum Gasteiger partial charge on any atom is 0.163 e. The maximum atomic E-state index is 9.86. The van der Waals surface area contributed by atoms with Gasteiger partial charge < -0.3 is 25.8 Å². The van der Waals surface area contributed by atoms with Gasteiger partial charge in [-0.25, -0.2) is 9.97 Å². The minimum atomic E-state index is -0.538. The van der Waals surface area contributed by atoms with Gasteiger partial charge in [-0.15, -0.1) is 0 Å². The quantitative estimate of drug-likeness (QED) is 0.254. The number of halogens is 2. The van der Waals surface area contributed by atoms with E-state index in [4.69, 9.17) is 38.4 Å². The normalized spacial score (nSPS) is 12.9. The van der Waals surface area contributed by atoms with Crippen molar-refractivity contribution in [2.24, 2.45) is 0 Å². The average molecular weight is 533 g/mol. The SMILES string of the molecule is Cc1cc(C(C#N)c2ccc(Cl)cc2)c(Cl)cc1Nc1ncnc(Nc2ccc3c(c2)OCCO3)c1N. The van der Waals surface area contributed by atoms with Crippen LogP contribution in [0.4, 0.5) is 28.7 Å². The molecule has 0 fully saturated rings. The Morgan fingerprint density at radius 3 is 2.38 bits per heavy atom. The molecule has 186 valence electrons. The molecule has 5 rings (SSSR count). The van der Waals surface area contributed by atoms with Gasteiger partial charge in [0.05, 0.1) is 12.0 Å². The molecular weight excluding hydrogens is 511 g/mol. The second-order valence-electron chi connectivity index (χ2n) is 8.40. The number of nitrogens with one attached hydrogen (secondary N) is 2. The number of aryl methyl sites for hydroxylation is 1. The first-order valence-electron chi connectivity index (χ1n) is 11.4. The van der Waals surface area contributed by atoms with E-state index in [1.165, 1.54) is 6.33 Å². The van der Waals surface area contributed by atoms with E-state index in [2.05, 4.69) is 26.7 Å². The summed E-state index contributed by atoms with van der Waals surface area (Å²) in [6, 6.07) is 18.7. The van der Waals surface area contributed by atoms with E-state index < -0.39 is 5.92 Å². The van der Waals surface area contributed by atoms with Crippen LogP contribution in [0.2, 0.25) is 10.0 Å². The highest BCUT2D eigenvalue weighted by atomic mass is 35.5. The summed E-state index contributed by atoms with van der Waals surface area (Å²) in [6.07, 6.45) is 1.41. The topological polar surface area (TPSA) is 118 Å². The fourth-order valence-corrected chi connectivity index (χ4v) is 4.42. The minimum absolute atomic E-state index is 0.327. The summed E-state index contributed by atoms with van der Waals surface area (Å²) in [5.74, 6) is 1.66. The zero-order valence-corrected chi connectivity index (χ0v) is 21.3. The van der Waals surface area contributed by atoms with Crippen molar-refractivity contribution in [2.45, 2.75) is 12.8 Å². The zero-order valence-electron chi connectivity index (χ0n) is 19.8.